The number of hydrogen-bond acceptors (Lipinski definition) is 3. The van der Waals surface area contributed by atoms with E-state index in [0.29, 0.717) is 12.0 Å². The third-order valence-electron chi connectivity index (χ3n) is 4.45. The Hall–Kier alpha value is -0.610. The van der Waals surface area contributed by atoms with Gasteiger partial charge in [0.2, 0.25) is 5.91 Å². The molecule has 0 spiro atoms. The van der Waals surface area contributed by atoms with E-state index < -0.39 is 0 Å². The molecule has 0 aromatic rings. The highest BCUT2D eigenvalue weighted by atomic mass is 16.3. The van der Waals surface area contributed by atoms with Crippen LogP contribution in [0.2, 0.25) is 0 Å². The fraction of sp³-hybridized carbons (Fsp3) is 0.933. The van der Waals surface area contributed by atoms with Crippen molar-refractivity contribution in [3.05, 3.63) is 0 Å². The van der Waals surface area contributed by atoms with E-state index in [-0.39, 0.29) is 12.0 Å². The molecule has 0 aromatic carbocycles. The van der Waals surface area contributed by atoms with Gasteiger partial charge in [-0.25, -0.2) is 0 Å². The number of aliphatic hydroxyl groups excluding tert-OH is 1. The van der Waals surface area contributed by atoms with Gasteiger partial charge >= 0.3 is 0 Å². The van der Waals surface area contributed by atoms with Crippen molar-refractivity contribution >= 4 is 5.91 Å². The van der Waals surface area contributed by atoms with E-state index in [1.807, 2.05) is 11.8 Å². The maximum absolute atomic E-state index is 11.6. The summed E-state index contributed by atoms with van der Waals surface area (Å²) in [6, 6.07) is 0.410. The van der Waals surface area contributed by atoms with Crippen LogP contribution in [0.3, 0.4) is 0 Å². The lowest BCUT2D eigenvalue weighted by Gasteiger charge is -2.38. The van der Waals surface area contributed by atoms with Crippen LogP contribution in [0.25, 0.3) is 0 Å². The molecule has 0 aromatic heterocycles. The lowest BCUT2D eigenvalue weighted by molar-refractivity contribution is -0.131. The van der Waals surface area contributed by atoms with Gasteiger partial charge in [0.05, 0.1) is 6.10 Å². The standard InChI is InChI=1S/C15H28N2O2/c1-3-15(19)7-13-6-14(16-8-12-4-5-12)10-17(9-13)11(2)18/h12-16,19H,3-10H2,1-2H3. The fourth-order valence-corrected chi connectivity index (χ4v) is 2.99. The largest absolute Gasteiger partial charge is 0.393 e. The Morgan fingerprint density at radius 3 is 2.68 bits per heavy atom. The third kappa shape index (κ3) is 4.77. The molecule has 4 heteroatoms. The van der Waals surface area contributed by atoms with E-state index in [1.165, 1.54) is 12.8 Å². The first-order valence-electron chi connectivity index (χ1n) is 7.75. The topological polar surface area (TPSA) is 52.6 Å². The molecule has 3 atom stereocenters. The Kier molecular flexibility index (Phi) is 5.22. The summed E-state index contributed by atoms with van der Waals surface area (Å²) in [5.41, 5.74) is 0. The predicted molar refractivity (Wildman–Crippen MR) is 75.8 cm³/mol. The summed E-state index contributed by atoms with van der Waals surface area (Å²) in [4.78, 5) is 13.6. The minimum absolute atomic E-state index is 0.161. The summed E-state index contributed by atoms with van der Waals surface area (Å²) in [6.07, 6.45) is 5.20. The van der Waals surface area contributed by atoms with Crippen LogP contribution in [-0.4, -0.2) is 47.7 Å². The van der Waals surface area contributed by atoms with Crippen molar-refractivity contribution in [1.29, 1.82) is 0 Å². The average molecular weight is 268 g/mol. The van der Waals surface area contributed by atoms with E-state index in [1.54, 1.807) is 6.92 Å². The second-order valence-corrected chi connectivity index (χ2v) is 6.37. The van der Waals surface area contributed by atoms with Gasteiger partial charge in [-0.2, -0.15) is 0 Å². The first-order chi connectivity index (χ1) is 9.08. The van der Waals surface area contributed by atoms with Crippen molar-refractivity contribution in [2.24, 2.45) is 11.8 Å². The lowest BCUT2D eigenvalue weighted by Crippen LogP contribution is -2.51. The number of carbonyl (C=O) groups is 1. The molecule has 0 radical (unpaired) electrons. The van der Waals surface area contributed by atoms with E-state index in [4.69, 9.17) is 0 Å². The summed E-state index contributed by atoms with van der Waals surface area (Å²) in [5, 5.41) is 13.4. The van der Waals surface area contributed by atoms with E-state index >= 15 is 0 Å². The monoisotopic (exact) mass is 268 g/mol. The maximum Gasteiger partial charge on any atom is 0.219 e. The number of hydrogen-bond donors (Lipinski definition) is 2. The second-order valence-electron chi connectivity index (χ2n) is 6.37. The zero-order chi connectivity index (χ0) is 13.8. The minimum atomic E-state index is -0.221. The molecule has 1 saturated heterocycles. The highest BCUT2D eigenvalue weighted by molar-refractivity contribution is 5.73. The predicted octanol–water partition coefficient (Wildman–Crippen LogP) is 1.38. The second kappa shape index (κ2) is 6.71. The minimum Gasteiger partial charge on any atom is -0.393 e. The summed E-state index contributed by atoms with van der Waals surface area (Å²) in [7, 11) is 0. The molecular weight excluding hydrogens is 240 g/mol. The molecule has 1 saturated carbocycles. The SMILES string of the molecule is CCC(O)CC1CC(NCC2CC2)CN(C(C)=O)C1. The van der Waals surface area contributed by atoms with Gasteiger partial charge in [0.1, 0.15) is 0 Å². The van der Waals surface area contributed by atoms with Crippen LogP contribution < -0.4 is 5.32 Å². The highest BCUT2D eigenvalue weighted by Crippen LogP contribution is 2.29. The summed E-state index contributed by atoms with van der Waals surface area (Å²) in [5.74, 6) is 1.46. The summed E-state index contributed by atoms with van der Waals surface area (Å²) in [6.45, 7) is 6.41. The average Bonchev–Trinajstić information content (AvgIpc) is 3.20. The molecule has 1 amide bonds. The number of amides is 1. The normalized spacial score (nSPS) is 29.3. The Balaban J connectivity index is 1.85. The number of carbonyl (C=O) groups excluding carboxylic acids is 1. The molecule has 3 unspecified atom stereocenters. The molecule has 2 N–H and O–H groups in total. The maximum atomic E-state index is 11.6. The van der Waals surface area contributed by atoms with Gasteiger partial charge in [-0.1, -0.05) is 6.92 Å². The number of piperidine rings is 1. The van der Waals surface area contributed by atoms with Crippen LogP contribution in [0.5, 0.6) is 0 Å². The van der Waals surface area contributed by atoms with Crippen LogP contribution in [0.4, 0.5) is 0 Å². The molecule has 1 heterocycles. The number of nitrogens with one attached hydrogen (secondary N) is 1. The van der Waals surface area contributed by atoms with Gasteiger partial charge in [0.15, 0.2) is 0 Å². The number of rotatable bonds is 6. The smallest absolute Gasteiger partial charge is 0.219 e. The molecule has 0 bridgehead atoms. The van der Waals surface area contributed by atoms with Crippen LogP contribution in [0, 0.1) is 11.8 Å². The molecular formula is C15H28N2O2. The van der Waals surface area contributed by atoms with Crippen molar-refractivity contribution in [2.75, 3.05) is 19.6 Å². The van der Waals surface area contributed by atoms with Crippen molar-refractivity contribution in [3.8, 4) is 0 Å². The fourth-order valence-electron chi connectivity index (χ4n) is 2.99. The zero-order valence-electron chi connectivity index (χ0n) is 12.3. The van der Waals surface area contributed by atoms with Crippen LogP contribution in [-0.2, 0) is 4.79 Å². The first kappa shape index (κ1) is 14.8. The molecule has 19 heavy (non-hydrogen) atoms. The Morgan fingerprint density at radius 1 is 1.37 bits per heavy atom. The summed E-state index contributed by atoms with van der Waals surface area (Å²) < 4.78 is 0. The van der Waals surface area contributed by atoms with Crippen LogP contribution in [0.15, 0.2) is 0 Å². The molecule has 2 aliphatic rings. The zero-order valence-corrected chi connectivity index (χ0v) is 12.3. The van der Waals surface area contributed by atoms with Crippen LogP contribution >= 0.6 is 0 Å². The quantitative estimate of drug-likeness (QED) is 0.765. The van der Waals surface area contributed by atoms with E-state index in [2.05, 4.69) is 5.32 Å². The molecule has 110 valence electrons. The molecule has 2 rings (SSSR count). The molecule has 2 fully saturated rings. The van der Waals surface area contributed by atoms with Gasteiger partial charge in [-0.3, -0.25) is 4.79 Å². The van der Waals surface area contributed by atoms with E-state index in [9.17, 15) is 9.90 Å². The first-order valence-corrected chi connectivity index (χ1v) is 7.75. The lowest BCUT2D eigenvalue weighted by atomic mass is 9.88. The van der Waals surface area contributed by atoms with E-state index in [0.717, 1.165) is 44.8 Å². The van der Waals surface area contributed by atoms with Crippen molar-refractivity contribution in [3.63, 3.8) is 0 Å². The van der Waals surface area contributed by atoms with Crippen molar-refractivity contribution in [2.45, 2.75) is 58.1 Å². The third-order valence-corrected chi connectivity index (χ3v) is 4.45. The Morgan fingerprint density at radius 2 is 2.11 bits per heavy atom. The molecule has 1 aliphatic heterocycles. The van der Waals surface area contributed by atoms with Crippen molar-refractivity contribution < 1.29 is 9.90 Å². The van der Waals surface area contributed by atoms with Gasteiger partial charge in [0, 0.05) is 26.1 Å². The molecule has 1 aliphatic carbocycles. The van der Waals surface area contributed by atoms with Crippen LogP contribution in [0.1, 0.15) is 46.0 Å². The van der Waals surface area contributed by atoms with Crippen molar-refractivity contribution in [1.82, 2.24) is 10.2 Å². The number of aliphatic hydroxyl groups is 1. The number of likely N-dealkylation sites (tertiary alicyclic amines) is 1. The van der Waals surface area contributed by atoms with Gasteiger partial charge in [-0.05, 0) is 50.5 Å². The highest BCUT2D eigenvalue weighted by Gasteiger charge is 2.30. The Labute approximate surface area is 116 Å². The Bertz CT molecular complexity index is 305. The van der Waals surface area contributed by atoms with Gasteiger partial charge in [-0.15, -0.1) is 0 Å². The van der Waals surface area contributed by atoms with Gasteiger partial charge < -0.3 is 15.3 Å². The summed E-state index contributed by atoms with van der Waals surface area (Å²) >= 11 is 0. The van der Waals surface area contributed by atoms with Gasteiger partial charge in [0.25, 0.3) is 0 Å². The molecule has 4 nitrogen and oxygen atoms in total. The number of nitrogens with zero attached hydrogens (tertiary/aromatic N) is 1.